The number of nitrogens with one attached hydrogen (secondary N) is 1. The van der Waals surface area contributed by atoms with E-state index in [-0.39, 0.29) is 18.7 Å². The van der Waals surface area contributed by atoms with Crippen LogP contribution in [0.1, 0.15) is 18.4 Å². The molecule has 1 aliphatic rings. The van der Waals surface area contributed by atoms with E-state index in [1.54, 1.807) is 12.1 Å². The number of aliphatic carboxylic acids is 1. The first-order valence-corrected chi connectivity index (χ1v) is 7.72. The van der Waals surface area contributed by atoms with Crippen LogP contribution in [-0.4, -0.2) is 58.1 Å². The highest BCUT2D eigenvalue weighted by Gasteiger charge is 2.33. The van der Waals surface area contributed by atoms with Crippen molar-refractivity contribution < 1.29 is 24.6 Å². The molecule has 0 radical (unpaired) electrons. The van der Waals surface area contributed by atoms with Crippen LogP contribution >= 0.6 is 0 Å². The lowest BCUT2D eigenvalue weighted by atomic mass is 10.1. The Kier molecular flexibility index (Phi) is 5.75. The fourth-order valence-electron chi connectivity index (χ4n) is 2.70. The molecule has 24 heavy (non-hydrogen) atoms. The molecule has 1 fully saturated rings. The Bertz CT molecular complexity index is 617. The van der Waals surface area contributed by atoms with E-state index in [9.17, 15) is 19.5 Å². The Balaban J connectivity index is 1.82. The van der Waals surface area contributed by atoms with E-state index in [4.69, 9.17) is 10.8 Å². The summed E-state index contributed by atoms with van der Waals surface area (Å²) in [6.07, 6.45) is 1.33. The van der Waals surface area contributed by atoms with Gasteiger partial charge in [-0.3, -0.25) is 9.59 Å². The van der Waals surface area contributed by atoms with Crippen molar-refractivity contribution in [3.8, 4) is 5.75 Å². The summed E-state index contributed by atoms with van der Waals surface area (Å²) in [5, 5.41) is 20.7. The maximum atomic E-state index is 12.1. The number of nitrogens with two attached hydrogens (primary N) is 1. The van der Waals surface area contributed by atoms with Gasteiger partial charge in [-0.05, 0) is 37.0 Å². The SMILES string of the molecule is N[C@@H](Cc1ccc(O)cc1)C(=O)NCC(=O)N1CCC[C@H]1C(=O)O. The van der Waals surface area contributed by atoms with Crippen molar-refractivity contribution >= 4 is 17.8 Å². The number of phenols is 1. The number of carbonyl (C=O) groups excluding carboxylic acids is 2. The fourth-order valence-corrected chi connectivity index (χ4v) is 2.70. The summed E-state index contributed by atoms with van der Waals surface area (Å²) in [4.78, 5) is 36.4. The smallest absolute Gasteiger partial charge is 0.326 e. The van der Waals surface area contributed by atoms with Crippen molar-refractivity contribution in [3.05, 3.63) is 29.8 Å². The molecule has 8 heteroatoms. The topological polar surface area (TPSA) is 133 Å². The van der Waals surface area contributed by atoms with Gasteiger partial charge in [0.15, 0.2) is 0 Å². The highest BCUT2D eigenvalue weighted by atomic mass is 16.4. The van der Waals surface area contributed by atoms with Crippen molar-refractivity contribution in [3.63, 3.8) is 0 Å². The van der Waals surface area contributed by atoms with Crippen LogP contribution in [-0.2, 0) is 20.8 Å². The Labute approximate surface area is 139 Å². The van der Waals surface area contributed by atoms with Gasteiger partial charge in [0.1, 0.15) is 11.8 Å². The lowest BCUT2D eigenvalue weighted by Gasteiger charge is -2.22. The quantitative estimate of drug-likeness (QED) is 0.551. The van der Waals surface area contributed by atoms with Gasteiger partial charge in [0.05, 0.1) is 12.6 Å². The second-order valence-corrected chi connectivity index (χ2v) is 5.78. The highest BCUT2D eigenvalue weighted by Crippen LogP contribution is 2.17. The van der Waals surface area contributed by atoms with E-state index in [0.717, 1.165) is 5.56 Å². The molecule has 8 nitrogen and oxygen atoms in total. The Hall–Kier alpha value is -2.61. The van der Waals surface area contributed by atoms with Crippen molar-refractivity contribution in [1.29, 1.82) is 0 Å². The largest absolute Gasteiger partial charge is 0.508 e. The summed E-state index contributed by atoms with van der Waals surface area (Å²) in [5.41, 5.74) is 6.59. The van der Waals surface area contributed by atoms with Crippen LogP contribution in [0.3, 0.4) is 0 Å². The number of hydrogen-bond donors (Lipinski definition) is 4. The number of carbonyl (C=O) groups is 3. The van der Waals surface area contributed by atoms with E-state index in [1.165, 1.54) is 17.0 Å². The summed E-state index contributed by atoms with van der Waals surface area (Å²) in [6, 6.07) is 4.67. The molecular weight excluding hydrogens is 314 g/mol. The average Bonchev–Trinajstić information content (AvgIpc) is 3.04. The molecule has 0 unspecified atom stereocenters. The summed E-state index contributed by atoms with van der Waals surface area (Å²) in [5.74, 6) is -1.82. The molecule has 1 saturated heterocycles. The van der Waals surface area contributed by atoms with E-state index < -0.39 is 29.9 Å². The zero-order chi connectivity index (χ0) is 17.7. The molecular formula is C16H21N3O5. The highest BCUT2D eigenvalue weighted by molar-refractivity contribution is 5.89. The molecule has 0 aromatic heterocycles. The number of rotatable bonds is 6. The lowest BCUT2D eigenvalue weighted by molar-refractivity contribution is -0.148. The minimum atomic E-state index is -1.03. The number of benzene rings is 1. The van der Waals surface area contributed by atoms with Gasteiger partial charge in [-0.1, -0.05) is 12.1 Å². The molecule has 0 saturated carbocycles. The number of aromatic hydroxyl groups is 1. The van der Waals surface area contributed by atoms with E-state index in [0.29, 0.717) is 19.4 Å². The zero-order valence-corrected chi connectivity index (χ0v) is 13.1. The Morgan fingerprint density at radius 2 is 1.96 bits per heavy atom. The van der Waals surface area contributed by atoms with Crippen LogP contribution in [0.4, 0.5) is 0 Å². The van der Waals surface area contributed by atoms with Crippen LogP contribution in [0, 0.1) is 0 Å². The third kappa shape index (κ3) is 4.45. The summed E-state index contributed by atoms with van der Waals surface area (Å²) in [6.45, 7) is 0.108. The summed E-state index contributed by atoms with van der Waals surface area (Å²) < 4.78 is 0. The normalized spacial score (nSPS) is 18.2. The molecule has 2 amide bonds. The van der Waals surface area contributed by atoms with Crippen LogP contribution in [0.15, 0.2) is 24.3 Å². The van der Waals surface area contributed by atoms with Gasteiger partial charge in [0.2, 0.25) is 11.8 Å². The predicted octanol–water partition coefficient (Wildman–Crippen LogP) is -0.546. The van der Waals surface area contributed by atoms with E-state index >= 15 is 0 Å². The maximum Gasteiger partial charge on any atom is 0.326 e. The number of phenolic OH excluding ortho intramolecular Hbond substituents is 1. The minimum absolute atomic E-state index is 0.126. The number of hydrogen-bond acceptors (Lipinski definition) is 5. The molecule has 0 aliphatic carbocycles. The van der Waals surface area contributed by atoms with E-state index in [2.05, 4.69) is 5.32 Å². The fraction of sp³-hybridized carbons (Fsp3) is 0.438. The first-order valence-electron chi connectivity index (χ1n) is 7.72. The molecule has 5 N–H and O–H groups in total. The third-order valence-electron chi connectivity index (χ3n) is 4.00. The number of likely N-dealkylation sites (tertiary alicyclic amines) is 1. The van der Waals surface area contributed by atoms with Gasteiger partial charge in [0.25, 0.3) is 0 Å². The molecule has 0 bridgehead atoms. The molecule has 0 spiro atoms. The lowest BCUT2D eigenvalue weighted by Crippen LogP contribution is -2.49. The standard InChI is InChI=1S/C16H21N3O5/c17-12(8-10-3-5-11(20)6-4-10)15(22)18-9-14(21)19-7-1-2-13(19)16(23)24/h3-6,12-13,20H,1-2,7-9,17H2,(H,18,22)(H,23,24)/t12-,13-/m0/s1. The number of nitrogens with zero attached hydrogens (tertiary/aromatic N) is 1. The van der Waals surface area contributed by atoms with Gasteiger partial charge in [-0.2, -0.15) is 0 Å². The second-order valence-electron chi connectivity index (χ2n) is 5.78. The molecule has 1 aromatic carbocycles. The molecule has 1 heterocycles. The number of amides is 2. The zero-order valence-electron chi connectivity index (χ0n) is 13.1. The Morgan fingerprint density at radius 3 is 2.58 bits per heavy atom. The summed E-state index contributed by atoms with van der Waals surface area (Å²) in [7, 11) is 0. The van der Waals surface area contributed by atoms with Gasteiger partial charge in [-0.25, -0.2) is 4.79 Å². The van der Waals surface area contributed by atoms with Gasteiger partial charge in [-0.15, -0.1) is 0 Å². The van der Waals surface area contributed by atoms with Crippen molar-refractivity contribution in [1.82, 2.24) is 10.2 Å². The van der Waals surface area contributed by atoms with Crippen LogP contribution in [0.25, 0.3) is 0 Å². The Morgan fingerprint density at radius 1 is 1.29 bits per heavy atom. The van der Waals surface area contributed by atoms with Crippen LogP contribution in [0.5, 0.6) is 5.75 Å². The van der Waals surface area contributed by atoms with Crippen LogP contribution in [0.2, 0.25) is 0 Å². The van der Waals surface area contributed by atoms with E-state index in [1.807, 2.05) is 0 Å². The summed E-state index contributed by atoms with van der Waals surface area (Å²) >= 11 is 0. The van der Waals surface area contributed by atoms with Crippen molar-refractivity contribution in [2.24, 2.45) is 5.73 Å². The first-order chi connectivity index (χ1) is 11.4. The second kappa shape index (κ2) is 7.78. The molecule has 2 rings (SSSR count). The van der Waals surface area contributed by atoms with Gasteiger partial charge < -0.3 is 26.2 Å². The molecule has 2 atom stereocenters. The molecule has 1 aromatic rings. The van der Waals surface area contributed by atoms with Gasteiger partial charge in [0, 0.05) is 6.54 Å². The maximum absolute atomic E-state index is 12.1. The van der Waals surface area contributed by atoms with Crippen molar-refractivity contribution in [2.45, 2.75) is 31.3 Å². The van der Waals surface area contributed by atoms with Crippen LogP contribution < -0.4 is 11.1 Å². The molecule has 130 valence electrons. The number of carboxylic acids is 1. The first kappa shape index (κ1) is 17.7. The minimum Gasteiger partial charge on any atom is -0.508 e. The molecule has 1 aliphatic heterocycles. The monoisotopic (exact) mass is 335 g/mol. The van der Waals surface area contributed by atoms with Crippen molar-refractivity contribution in [2.75, 3.05) is 13.1 Å². The number of carboxylic acid groups (broad SMARTS) is 1. The average molecular weight is 335 g/mol. The van der Waals surface area contributed by atoms with Gasteiger partial charge >= 0.3 is 5.97 Å². The predicted molar refractivity (Wildman–Crippen MR) is 85.2 cm³/mol. The third-order valence-corrected chi connectivity index (χ3v) is 4.00.